The summed E-state index contributed by atoms with van der Waals surface area (Å²) in [5.74, 6) is 0.453. The maximum atomic E-state index is 11.5. The van der Waals surface area contributed by atoms with E-state index in [-0.39, 0.29) is 17.9 Å². The van der Waals surface area contributed by atoms with Gasteiger partial charge in [-0.05, 0) is 23.1 Å². The molecule has 0 aromatic heterocycles. The standard InChI is InChI=1S/C14H21NO3/c1-14(2,3)10-6-7-12(18-5)11(8-10)15-13(16)9-17-4/h6-8H,9H2,1-5H3,(H,15,16). The number of carbonyl (C=O) groups is 1. The molecule has 4 heteroatoms. The van der Waals surface area contributed by atoms with Crippen molar-refractivity contribution in [3.8, 4) is 5.75 Å². The minimum atomic E-state index is -0.193. The molecule has 0 aliphatic carbocycles. The Labute approximate surface area is 108 Å². The molecule has 1 rings (SSSR count). The zero-order chi connectivity index (χ0) is 13.8. The SMILES string of the molecule is COCC(=O)Nc1cc(C(C)(C)C)ccc1OC. The van der Waals surface area contributed by atoms with E-state index < -0.39 is 0 Å². The van der Waals surface area contributed by atoms with Crippen molar-refractivity contribution in [1.82, 2.24) is 0 Å². The summed E-state index contributed by atoms with van der Waals surface area (Å²) in [4.78, 5) is 11.5. The summed E-state index contributed by atoms with van der Waals surface area (Å²) in [6, 6.07) is 5.81. The zero-order valence-electron chi connectivity index (χ0n) is 11.7. The van der Waals surface area contributed by atoms with E-state index in [4.69, 9.17) is 9.47 Å². The first-order chi connectivity index (χ1) is 8.38. The Balaban J connectivity index is 3.03. The highest BCUT2D eigenvalue weighted by atomic mass is 16.5. The van der Waals surface area contributed by atoms with Gasteiger partial charge in [0.25, 0.3) is 0 Å². The van der Waals surface area contributed by atoms with Gasteiger partial charge in [0.15, 0.2) is 0 Å². The molecule has 100 valence electrons. The van der Waals surface area contributed by atoms with Crippen LogP contribution in [0.2, 0.25) is 0 Å². The van der Waals surface area contributed by atoms with Gasteiger partial charge in [-0.2, -0.15) is 0 Å². The Morgan fingerprint density at radius 3 is 2.44 bits per heavy atom. The fraction of sp³-hybridized carbons (Fsp3) is 0.500. The van der Waals surface area contributed by atoms with Gasteiger partial charge in [0.2, 0.25) is 5.91 Å². The van der Waals surface area contributed by atoms with E-state index in [1.807, 2.05) is 18.2 Å². The summed E-state index contributed by atoms with van der Waals surface area (Å²) in [6.07, 6.45) is 0. The van der Waals surface area contributed by atoms with E-state index in [1.54, 1.807) is 7.11 Å². The third-order valence-corrected chi connectivity index (χ3v) is 2.62. The van der Waals surface area contributed by atoms with Gasteiger partial charge >= 0.3 is 0 Å². The quantitative estimate of drug-likeness (QED) is 0.894. The second-order valence-electron chi connectivity index (χ2n) is 5.15. The van der Waals surface area contributed by atoms with Crippen molar-refractivity contribution < 1.29 is 14.3 Å². The molecule has 0 unspecified atom stereocenters. The molecule has 0 aliphatic rings. The molecular formula is C14H21NO3. The maximum absolute atomic E-state index is 11.5. The monoisotopic (exact) mass is 251 g/mol. The number of ether oxygens (including phenoxy) is 2. The van der Waals surface area contributed by atoms with E-state index in [2.05, 4.69) is 26.1 Å². The summed E-state index contributed by atoms with van der Waals surface area (Å²) in [5, 5.41) is 2.79. The lowest BCUT2D eigenvalue weighted by molar-refractivity contribution is -0.119. The van der Waals surface area contributed by atoms with Gasteiger partial charge in [0.1, 0.15) is 12.4 Å². The smallest absolute Gasteiger partial charge is 0.250 e. The number of hydrogen-bond donors (Lipinski definition) is 1. The molecule has 0 fully saturated rings. The third kappa shape index (κ3) is 3.74. The zero-order valence-corrected chi connectivity index (χ0v) is 11.7. The Bertz CT molecular complexity index is 422. The van der Waals surface area contributed by atoms with Crippen LogP contribution in [0.4, 0.5) is 5.69 Å². The lowest BCUT2D eigenvalue weighted by atomic mass is 9.87. The van der Waals surface area contributed by atoms with Gasteiger partial charge in [-0.15, -0.1) is 0 Å². The Morgan fingerprint density at radius 2 is 1.94 bits per heavy atom. The van der Waals surface area contributed by atoms with E-state index in [0.717, 1.165) is 5.56 Å². The van der Waals surface area contributed by atoms with E-state index >= 15 is 0 Å². The van der Waals surface area contributed by atoms with Crippen LogP contribution in [0.5, 0.6) is 5.75 Å². The highest BCUT2D eigenvalue weighted by Crippen LogP contribution is 2.31. The molecule has 1 aromatic rings. The summed E-state index contributed by atoms with van der Waals surface area (Å²) in [5.41, 5.74) is 1.83. The second-order valence-corrected chi connectivity index (χ2v) is 5.15. The van der Waals surface area contributed by atoms with Crippen LogP contribution in [0.15, 0.2) is 18.2 Å². The van der Waals surface area contributed by atoms with Crippen molar-refractivity contribution in [2.24, 2.45) is 0 Å². The van der Waals surface area contributed by atoms with Gasteiger partial charge in [0, 0.05) is 7.11 Å². The normalized spacial score (nSPS) is 11.2. The van der Waals surface area contributed by atoms with Gasteiger partial charge < -0.3 is 14.8 Å². The van der Waals surface area contributed by atoms with Gasteiger partial charge in [-0.25, -0.2) is 0 Å². The van der Waals surface area contributed by atoms with E-state index in [1.165, 1.54) is 7.11 Å². The van der Waals surface area contributed by atoms with Crippen molar-refractivity contribution >= 4 is 11.6 Å². The largest absolute Gasteiger partial charge is 0.495 e. The average Bonchev–Trinajstić information content (AvgIpc) is 2.28. The number of anilines is 1. The lowest BCUT2D eigenvalue weighted by Crippen LogP contribution is -2.18. The Morgan fingerprint density at radius 1 is 1.28 bits per heavy atom. The molecule has 1 amide bonds. The second kappa shape index (κ2) is 5.87. The van der Waals surface area contributed by atoms with E-state index in [0.29, 0.717) is 11.4 Å². The van der Waals surface area contributed by atoms with Crippen molar-refractivity contribution in [1.29, 1.82) is 0 Å². The molecule has 18 heavy (non-hydrogen) atoms. The highest BCUT2D eigenvalue weighted by molar-refractivity contribution is 5.93. The van der Waals surface area contributed by atoms with Gasteiger partial charge in [-0.3, -0.25) is 4.79 Å². The minimum absolute atomic E-state index is 0.0208. The summed E-state index contributed by atoms with van der Waals surface area (Å²) >= 11 is 0. The predicted octanol–water partition coefficient (Wildman–Crippen LogP) is 2.58. The van der Waals surface area contributed by atoms with E-state index in [9.17, 15) is 4.79 Å². The highest BCUT2D eigenvalue weighted by Gasteiger charge is 2.16. The molecule has 0 atom stereocenters. The van der Waals surface area contributed by atoms with Crippen molar-refractivity contribution in [3.05, 3.63) is 23.8 Å². The summed E-state index contributed by atoms with van der Waals surface area (Å²) in [6.45, 7) is 6.39. The van der Waals surface area contributed by atoms with Crippen molar-refractivity contribution in [3.63, 3.8) is 0 Å². The number of carbonyl (C=O) groups excluding carboxylic acids is 1. The average molecular weight is 251 g/mol. The number of rotatable bonds is 4. The molecule has 4 nitrogen and oxygen atoms in total. The molecule has 1 aromatic carbocycles. The summed E-state index contributed by atoms with van der Waals surface area (Å²) < 4.78 is 10.0. The van der Waals surface area contributed by atoms with Crippen LogP contribution in [0.25, 0.3) is 0 Å². The van der Waals surface area contributed by atoms with Crippen LogP contribution in [-0.2, 0) is 14.9 Å². The lowest BCUT2D eigenvalue weighted by Gasteiger charge is -2.21. The first kappa shape index (κ1) is 14.5. The Kier molecular flexibility index (Phi) is 4.73. The fourth-order valence-electron chi connectivity index (χ4n) is 1.59. The molecule has 0 saturated heterocycles. The molecule has 0 saturated carbocycles. The number of hydrogen-bond acceptors (Lipinski definition) is 3. The van der Waals surface area contributed by atoms with Gasteiger partial charge in [-0.1, -0.05) is 26.8 Å². The van der Waals surface area contributed by atoms with Crippen LogP contribution in [0.1, 0.15) is 26.3 Å². The first-order valence-electron chi connectivity index (χ1n) is 5.86. The number of methoxy groups -OCH3 is 2. The first-order valence-corrected chi connectivity index (χ1v) is 5.86. The fourth-order valence-corrected chi connectivity index (χ4v) is 1.59. The molecule has 1 N–H and O–H groups in total. The van der Waals surface area contributed by atoms with Crippen molar-refractivity contribution in [2.45, 2.75) is 26.2 Å². The van der Waals surface area contributed by atoms with Crippen LogP contribution >= 0.6 is 0 Å². The Hall–Kier alpha value is -1.55. The molecule has 0 heterocycles. The van der Waals surface area contributed by atoms with Crippen LogP contribution in [0.3, 0.4) is 0 Å². The number of amides is 1. The summed E-state index contributed by atoms with van der Waals surface area (Å²) in [7, 11) is 3.07. The molecule has 0 aliphatic heterocycles. The number of nitrogens with one attached hydrogen (secondary N) is 1. The van der Waals surface area contributed by atoms with Crippen molar-refractivity contribution in [2.75, 3.05) is 26.1 Å². The topological polar surface area (TPSA) is 47.6 Å². The van der Waals surface area contributed by atoms with Crippen LogP contribution in [-0.4, -0.2) is 26.7 Å². The van der Waals surface area contributed by atoms with Crippen LogP contribution < -0.4 is 10.1 Å². The number of benzene rings is 1. The molecule has 0 spiro atoms. The molecule has 0 bridgehead atoms. The predicted molar refractivity (Wildman–Crippen MR) is 72.2 cm³/mol. The van der Waals surface area contributed by atoms with Gasteiger partial charge in [0.05, 0.1) is 12.8 Å². The van der Waals surface area contributed by atoms with Crippen LogP contribution in [0, 0.1) is 0 Å². The maximum Gasteiger partial charge on any atom is 0.250 e. The minimum Gasteiger partial charge on any atom is -0.495 e. The third-order valence-electron chi connectivity index (χ3n) is 2.62. The molecular weight excluding hydrogens is 230 g/mol. The molecule has 0 radical (unpaired) electrons.